The molecule has 0 spiro atoms. The molecule has 0 fully saturated rings. The van der Waals surface area contributed by atoms with Crippen LogP contribution in [0.5, 0.6) is 0 Å². The van der Waals surface area contributed by atoms with Crippen molar-refractivity contribution in [3.8, 4) is 0 Å². The van der Waals surface area contributed by atoms with Gasteiger partial charge in [-0.05, 0) is 6.42 Å². The molecular weight excluding hydrogens is 124 g/mol. The van der Waals surface area contributed by atoms with Crippen molar-refractivity contribution in [3.05, 3.63) is 0 Å². The number of amidine groups is 1. The standard InChI is InChI=1S/C8H18N2/c1-5-6-10(4)8(9)7(2)3/h7,9H,5-6H2,1-4H3. The lowest BCUT2D eigenvalue weighted by molar-refractivity contribution is 0.471. The lowest BCUT2D eigenvalue weighted by Gasteiger charge is -2.21. The van der Waals surface area contributed by atoms with Crippen LogP contribution in [-0.4, -0.2) is 24.3 Å². The molecule has 0 amide bonds. The summed E-state index contributed by atoms with van der Waals surface area (Å²) in [5, 5.41) is 7.58. The molecule has 0 aromatic rings. The van der Waals surface area contributed by atoms with Gasteiger partial charge in [-0.1, -0.05) is 20.8 Å². The Hall–Kier alpha value is -0.530. The summed E-state index contributed by atoms with van der Waals surface area (Å²) in [6, 6.07) is 0. The summed E-state index contributed by atoms with van der Waals surface area (Å²) in [6.07, 6.45) is 1.12. The normalized spacial score (nSPS) is 10.1. The van der Waals surface area contributed by atoms with Crippen LogP contribution >= 0.6 is 0 Å². The molecule has 0 heterocycles. The van der Waals surface area contributed by atoms with Gasteiger partial charge >= 0.3 is 0 Å². The minimum Gasteiger partial charge on any atom is -0.363 e. The molecule has 0 saturated carbocycles. The van der Waals surface area contributed by atoms with Crippen molar-refractivity contribution >= 4 is 5.84 Å². The number of rotatable bonds is 3. The van der Waals surface area contributed by atoms with E-state index in [2.05, 4.69) is 20.8 Å². The predicted octanol–water partition coefficient (Wildman–Crippen LogP) is 1.96. The fourth-order valence-corrected chi connectivity index (χ4v) is 0.897. The Morgan fingerprint density at radius 3 is 2.30 bits per heavy atom. The highest BCUT2D eigenvalue weighted by Crippen LogP contribution is 1.99. The van der Waals surface area contributed by atoms with Gasteiger partial charge in [0.25, 0.3) is 0 Å². The summed E-state index contributed by atoms with van der Waals surface area (Å²) in [6.45, 7) is 7.23. The van der Waals surface area contributed by atoms with Crippen LogP contribution in [0.4, 0.5) is 0 Å². The van der Waals surface area contributed by atoms with Gasteiger partial charge in [0.1, 0.15) is 0 Å². The fourth-order valence-electron chi connectivity index (χ4n) is 0.897. The van der Waals surface area contributed by atoms with E-state index >= 15 is 0 Å². The van der Waals surface area contributed by atoms with E-state index in [0.717, 1.165) is 18.8 Å². The van der Waals surface area contributed by atoms with Crippen molar-refractivity contribution in [3.63, 3.8) is 0 Å². The smallest absolute Gasteiger partial charge is 0.0981 e. The molecular formula is C8H18N2. The fraction of sp³-hybridized carbons (Fsp3) is 0.875. The highest BCUT2D eigenvalue weighted by Gasteiger charge is 2.06. The van der Waals surface area contributed by atoms with Gasteiger partial charge in [-0.15, -0.1) is 0 Å². The molecule has 10 heavy (non-hydrogen) atoms. The quantitative estimate of drug-likeness (QED) is 0.473. The van der Waals surface area contributed by atoms with Crippen molar-refractivity contribution < 1.29 is 0 Å². The summed E-state index contributed by atoms with van der Waals surface area (Å²) in [4.78, 5) is 2.00. The van der Waals surface area contributed by atoms with E-state index in [4.69, 9.17) is 5.41 Å². The van der Waals surface area contributed by atoms with Crippen LogP contribution in [0.15, 0.2) is 0 Å². The first kappa shape index (κ1) is 9.47. The first-order valence-electron chi connectivity index (χ1n) is 3.89. The number of hydrogen-bond acceptors (Lipinski definition) is 1. The van der Waals surface area contributed by atoms with Crippen molar-refractivity contribution in [2.24, 2.45) is 5.92 Å². The van der Waals surface area contributed by atoms with Crippen LogP contribution in [0, 0.1) is 11.3 Å². The van der Waals surface area contributed by atoms with Crippen molar-refractivity contribution in [2.45, 2.75) is 27.2 Å². The summed E-state index contributed by atoms with van der Waals surface area (Å²) in [7, 11) is 1.98. The zero-order valence-electron chi connectivity index (χ0n) is 7.44. The summed E-state index contributed by atoms with van der Waals surface area (Å²) < 4.78 is 0. The van der Waals surface area contributed by atoms with E-state index in [-0.39, 0.29) is 0 Å². The van der Waals surface area contributed by atoms with Gasteiger partial charge in [0.15, 0.2) is 0 Å². The molecule has 0 radical (unpaired) electrons. The van der Waals surface area contributed by atoms with E-state index in [1.807, 2.05) is 11.9 Å². The van der Waals surface area contributed by atoms with Crippen LogP contribution in [0.3, 0.4) is 0 Å². The second kappa shape index (κ2) is 4.31. The maximum absolute atomic E-state index is 7.58. The van der Waals surface area contributed by atoms with E-state index in [1.165, 1.54) is 0 Å². The summed E-state index contributed by atoms with van der Waals surface area (Å²) >= 11 is 0. The molecule has 2 heteroatoms. The second-order valence-corrected chi connectivity index (χ2v) is 2.96. The van der Waals surface area contributed by atoms with Gasteiger partial charge in [-0.3, -0.25) is 5.41 Å². The maximum atomic E-state index is 7.58. The van der Waals surface area contributed by atoms with Crippen molar-refractivity contribution in [2.75, 3.05) is 13.6 Å². The molecule has 60 valence electrons. The van der Waals surface area contributed by atoms with Gasteiger partial charge in [-0.25, -0.2) is 0 Å². The predicted molar refractivity (Wildman–Crippen MR) is 45.5 cm³/mol. The molecule has 0 unspecified atom stereocenters. The Balaban J connectivity index is 3.71. The zero-order valence-corrected chi connectivity index (χ0v) is 7.44. The van der Waals surface area contributed by atoms with Gasteiger partial charge in [0.2, 0.25) is 0 Å². The maximum Gasteiger partial charge on any atom is 0.0981 e. The Labute approximate surface area is 63.7 Å². The molecule has 0 rings (SSSR count). The average Bonchev–Trinajstić information content (AvgIpc) is 1.87. The molecule has 1 N–H and O–H groups in total. The van der Waals surface area contributed by atoms with Crippen LogP contribution in [-0.2, 0) is 0 Å². The monoisotopic (exact) mass is 142 g/mol. The summed E-state index contributed by atoms with van der Waals surface area (Å²) in [5.41, 5.74) is 0. The lowest BCUT2D eigenvalue weighted by Crippen LogP contribution is -2.30. The highest BCUT2D eigenvalue weighted by atomic mass is 15.1. The molecule has 2 nitrogen and oxygen atoms in total. The number of hydrogen-bond donors (Lipinski definition) is 1. The molecule has 0 aliphatic heterocycles. The van der Waals surface area contributed by atoms with Gasteiger partial charge in [0.05, 0.1) is 5.84 Å². The lowest BCUT2D eigenvalue weighted by atomic mass is 10.2. The highest BCUT2D eigenvalue weighted by molar-refractivity contribution is 5.80. The molecule has 0 aromatic carbocycles. The van der Waals surface area contributed by atoms with Crippen LogP contribution in [0.25, 0.3) is 0 Å². The topological polar surface area (TPSA) is 27.1 Å². The Morgan fingerprint density at radius 1 is 1.50 bits per heavy atom. The Bertz CT molecular complexity index is 108. The van der Waals surface area contributed by atoms with E-state index < -0.39 is 0 Å². The zero-order chi connectivity index (χ0) is 8.15. The molecule has 0 aromatic heterocycles. The third kappa shape index (κ3) is 2.85. The van der Waals surface area contributed by atoms with Gasteiger partial charge < -0.3 is 4.90 Å². The minimum atomic E-state index is 0.358. The Morgan fingerprint density at radius 2 is 2.00 bits per heavy atom. The van der Waals surface area contributed by atoms with Crippen molar-refractivity contribution in [1.82, 2.24) is 4.90 Å². The molecule has 0 saturated heterocycles. The second-order valence-electron chi connectivity index (χ2n) is 2.96. The van der Waals surface area contributed by atoms with Gasteiger partial charge in [0, 0.05) is 19.5 Å². The first-order valence-corrected chi connectivity index (χ1v) is 3.89. The molecule has 0 aliphatic rings. The molecule has 0 aliphatic carbocycles. The Kier molecular flexibility index (Phi) is 4.08. The van der Waals surface area contributed by atoms with Crippen molar-refractivity contribution in [1.29, 1.82) is 5.41 Å². The van der Waals surface area contributed by atoms with E-state index in [9.17, 15) is 0 Å². The van der Waals surface area contributed by atoms with E-state index in [1.54, 1.807) is 0 Å². The third-order valence-electron chi connectivity index (χ3n) is 1.52. The first-order chi connectivity index (χ1) is 4.59. The SMILES string of the molecule is CCCN(C)C(=N)C(C)C. The largest absolute Gasteiger partial charge is 0.363 e. The van der Waals surface area contributed by atoms with Crippen LogP contribution in [0.2, 0.25) is 0 Å². The number of nitrogens with one attached hydrogen (secondary N) is 1. The molecule has 0 atom stereocenters. The van der Waals surface area contributed by atoms with E-state index in [0.29, 0.717) is 5.92 Å². The third-order valence-corrected chi connectivity index (χ3v) is 1.52. The van der Waals surface area contributed by atoms with Crippen LogP contribution < -0.4 is 0 Å². The summed E-state index contributed by atoms with van der Waals surface area (Å²) in [5.74, 6) is 1.10. The minimum absolute atomic E-state index is 0.358. The average molecular weight is 142 g/mol. The van der Waals surface area contributed by atoms with Gasteiger partial charge in [-0.2, -0.15) is 0 Å². The molecule has 0 bridgehead atoms. The van der Waals surface area contributed by atoms with Crippen LogP contribution in [0.1, 0.15) is 27.2 Å². The number of nitrogens with zero attached hydrogens (tertiary/aromatic N) is 1.